The summed E-state index contributed by atoms with van der Waals surface area (Å²) in [6.45, 7) is -0.0408. The van der Waals surface area contributed by atoms with Crippen molar-refractivity contribution in [2.75, 3.05) is 6.54 Å². The van der Waals surface area contributed by atoms with E-state index in [9.17, 15) is 13.2 Å². The summed E-state index contributed by atoms with van der Waals surface area (Å²) in [6, 6.07) is 13.5. The third kappa shape index (κ3) is 4.20. The molecule has 134 valence electrons. The second kappa shape index (κ2) is 8.11. The molecule has 0 saturated carbocycles. The van der Waals surface area contributed by atoms with Gasteiger partial charge in [0, 0.05) is 29.0 Å². The molecular weight excluding hydrogens is 436 g/mol. The van der Waals surface area contributed by atoms with Gasteiger partial charge in [0.1, 0.15) is 9.46 Å². The number of aromatic nitrogens is 1. The zero-order chi connectivity index (χ0) is 18.6. The van der Waals surface area contributed by atoms with Crippen molar-refractivity contribution in [3.63, 3.8) is 0 Å². The summed E-state index contributed by atoms with van der Waals surface area (Å²) in [5.74, 6) is -0.326. The Balaban J connectivity index is 1.85. The van der Waals surface area contributed by atoms with Gasteiger partial charge >= 0.3 is 0 Å². The first-order valence-electron chi connectivity index (χ1n) is 7.69. The molecule has 2 aromatic heterocycles. The number of carbonyl (C=O) groups is 1. The fourth-order valence-electron chi connectivity index (χ4n) is 2.43. The van der Waals surface area contributed by atoms with Crippen molar-refractivity contribution >= 4 is 43.0 Å². The van der Waals surface area contributed by atoms with E-state index in [2.05, 4.69) is 26.2 Å². The Kier molecular flexibility index (Phi) is 5.85. The molecule has 2 heterocycles. The van der Waals surface area contributed by atoms with Gasteiger partial charge in [0.2, 0.25) is 0 Å². The Hall–Kier alpha value is -2.03. The number of hydrogen-bond acceptors (Lipinski definition) is 5. The molecule has 1 unspecified atom stereocenters. The molecule has 0 aliphatic heterocycles. The average molecular weight is 451 g/mol. The van der Waals surface area contributed by atoms with Gasteiger partial charge in [-0.15, -0.1) is 11.3 Å². The monoisotopic (exact) mass is 450 g/mol. The van der Waals surface area contributed by atoms with E-state index >= 15 is 0 Å². The summed E-state index contributed by atoms with van der Waals surface area (Å²) < 4.78 is 27.2. The molecule has 0 radical (unpaired) electrons. The minimum Gasteiger partial charge on any atom is -0.350 e. The van der Waals surface area contributed by atoms with Gasteiger partial charge in [-0.2, -0.15) is 0 Å². The number of halogens is 1. The number of rotatable bonds is 6. The molecule has 8 heteroatoms. The van der Waals surface area contributed by atoms with E-state index in [1.165, 1.54) is 6.20 Å². The molecule has 26 heavy (non-hydrogen) atoms. The number of hydrogen-bond donors (Lipinski definition) is 1. The first kappa shape index (κ1) is 18.8. The summed E-state index contributed by atoms with van der Waals surface area (Å²) in [7, 11) is -3.64. The number of benzene rings is 1. The largest absolute Gasteiger partial charge is 0.350 e. The normalized spacial score (nSPS) is 12.5. The van der Waals surface area contributed by atoms with Gasteiger partial charge in [-0.05, 0) is 47.3 Å². The highest BCUT2D eigenvalue weighted by molar-refractivity contribution is 9.10. The maximum absolute atomic E-state index is 13.0. The predicted octanol–water partition coefficient (Wildman–Crippen LogP) is 3.85. The Morgan fingerprint density at radius 2 is 1.92 bits per heavy atom. The van der Waals surface area contributed by atoms with E-state index in [4.69, 9.17) is 0 Å². The van der Waals surface area contributed by atoms with Crippen LogP contribution >= 0.6 is 27.3 Å². The van der Waals surface area contributed by atoms with Crippen molar-refractivity contribution in [1.82, 2.24) is 10.3 Å². The standard InChI is InChI=1S/C18H15BrN2O3S2/c19-15-7-5-13(6-8-15)18(22)21-12-16(14-3-1-9-20-11-14)26(23,24)17-4-2-10-25-17/h1-11,16H,12H2,(H,21,22). The number of nitrogens with zero attached hydrogens (tertiary/aromatic N) is 1. The van der Waals surface area contributed by atoms with Crippen LogP contribution in [0.15, 0.2) is 75.0 Å². The molecule has 3 rings (SSSR count). The zero-order valence-corrected chi connectivity index (χ0v) is 16.7. The maximum Gasteiger partial charge on any atom is 0.251 e. The Morgan fingerprint density at radius 3 is 2.54 bits per heavy atom. The van der Waals surface area contributed by atoms with Gasteiger partial charge in [-0.3, -0.25) is 9.78 Å². The highest BCUT2D eigenvalue weighted by atomic mass is 79.9. The van der Waals surface area contributed by atoms with Crippen LogP contribution in [0.2, 0.25) is 0 Å². The highest BCUT2D eigenvalue weighted by Gasteiger charge is 2.30. The van der Waals surface area contributed by atoms with E-state index in [1.54, 1.807) is 60.1 Å². The molecule has 1 amide bonds. The summed E-state index contributed by atoms with van der Waals surface area (Å²) in [6.07, 6.45) is 3.10. The van der Waals surface area contributed by atoms with Crippen molar-refractivity contribution < 1.29 is 13.2 Å². The molecule has 1 N–H and O–H groups in total. The van der Waals surface area contributed by atoms with Gasteiger partial charge in [0.15, 0.2) is 9.84 Å². The van der Waals surface area contributed by atoms with Crippen molar-refractivity contribution in [2.24, 2.45) is 0 Å². The lowest BCUT2D eigenvalue weighted by Crippen LogP contribution is -2.31. The smallest absolute Gasteiger partial charge is 0.251 e. The van der Waals surface area contributed by atoms with Crippen LogP contribution in [0.1, 0.15) is 21.2 Å². The lowest BCUT2D eigenvalue weighted by Gasteiger charge is -2.18. The van der Waals surface area contributed by atoms with Crippen LogP contribution in [0.3, 0.4) is 0 Å². The molecular formula is C18H15BrN2O3S2. The summed E-state index contributed by atoms with van der Waals surface area (Å²) in [5, 5.41) is 3.54. The van der Waals surface area contributed by atoms with E-state index in [0.29, 0.717) is 11.1 Å². The number of amides is 1. The second-order valence-corrected chi connectivity index (χ2v) is 9.69. The predicted molar refractivity (Wildman–Crippen MR) is 105 cm³/mol. The first-order valence-corrected chi connectivity index (χ1v) is 10.9. The fourth-order valence-corrected chi connectivity index (χ4v) is 5.54. The minimum atomic E-state index is -3.64. The molecule has 0 aliphatic rings. The molecule has 0 saturated heterocycles. The molecule has 5 nitrogen and oxygen atoms in total. The third-order valence-corrected chi connectivity index (χ3v) is 7.82. The number of sulfone groups is 1. The lowest BCUT2D eigenvalue weighted by molar-refractivity contribution is 0.0953. The number of carbonyl (C=O) groups excluding carboxylic acids is 1. The number of pyridine rings is 1. The van der Waals surface area contributed by atoms with Crippen LogP contribution in [0.4, 0.5) is 0 Å². The van der Waals surface area contributed by atoms with Crippen LogP contribution in [0, 0.1) is 0 Å². The quantitative estimate of drug-likeness (QED) is 0.618. The van der Waals surface area contributed by atoms with Crippen LogP contribution in [-0.2, 0) is 9.84 Å². The van der Waals surface area contributed by atoms with Crippen molar-refractivity contribution in [3.05, 3.63) is 81.9 Å². The molecule has 1 atom stereocenters. The SMILES string of the molecule is O=C(NCC(c1cccnc1)S(=O)(=O)c1cccs1)c1ccc(Br)cc1. The van der Waals surface area contributed by atoms with Gasteiger partial charge in [-0.25, -0.2) is 8.42 Å². The lowest BCUT2D eigenvalue weighted by atomic mass is 10.2. The third-order valence-electron chi connectivity index (χ3n) is 3.76. The van der Waals surface area contributed by atoms with Crippen molar-refractivity contribution in [2.45, 2.75) is 9.46 Å². The van der Waals surface area contributed by atoms with Crippen LogP contribution in [0.25, 0.3) is 0 Å². The summed E-state index contributed by atoms with van der Waals surface area (Å²) in [5.41, 5.74) is 1.00. The Bertz CT molecular complexity index is 973. The summed E-state index contributed by atoms with van der Waals surface area (Å²) in [4.78, 5) is 16.4. The van der Waals surface area contributed by atoms with E-state index < -0.39 is 15.1 Å². The topological polar surface area (TPSA) is 76.1 Å². The van der Waals surface area contributed by atoms with Crippen LogP contribution in [-0.4, -0.2) is 25.9 Å². The maximum atomic E-state index is 13.0. The minimum absolute atomic E-state index is 0.0408. The van der Waals surface area contributed by atoms with Crippen molar-refractivity contribution in [3.8, 4) is 0 Å². The highest BCUT2D eigenvalue weighted by Crippen LogP contribution is 2.30. The van der Waals surface area contributed by atoms with Crippen LogP contribution in [0.5, 0.6) is 0 Å². The van der Waals surface area contributed by atoms with E-state index in [1.807, 2.05) is 0 Å². The molecule has 0 spiro atoms. The van der Waals surface area contributed by atoms with Gasteiger partial charge in [0.05, 0.1) is 0 Å². The van der Waals surface area contributed by atoms with Crippen LogP contribution < -0.4 is 5.32 Å². The van der Waals surface area contributed by atoms with Gasteiger partial charge in [0.25, 0.3) is 5.91 Å². The van der Waals surface area contributed by atoms with Gasteiger partial charge < -0.3 is 5.32 Å². The second-order valence-electron chi connectivity index (χ2n) is 5.47. The molecule has 0 bridgehead atoms. The summed E-state index contributed by atoms with van der Waals surface area (Å²) >= 11 is 4.48. The van der Waals surface area contributed by atoms with E-state index in [-0.39, 0.29) is 16.7 Å². The van der Waals surface area contributed by atoms with E-state index in [0.717, 1.165) is 15.8 Å². The Labute approximate surface area is 164 Å². The van der Waals surface area contributed by atoms with Crippen molar-refractivity contribution in [1.29, 1.82) is 0 Å². The molecule has 0 aliphatic carbocycles. The molecule has 3 aromatic rings. The number of nitrogens with one attached hydrogen (secondary N) is 1. The fraction of sp³-hybridized carbons (Fsp3) is 0.111. The average Bonchev–Trinajstić information content (AvgIpc) is 3.18. The number of thiophene rings is 1. The zero-order valence-electron chi connectivity index (χ0n) is 13.5. The Morgan fingerprint density at radius 1 is 1.15 bits per heavy atom. The van der Waals surface area contributed by atoms with Gasteiger partial charge in [-0.1, -0.05) is 28.1 Å². The first-order chi connectivity index (χ1) is 12.5. The molecule has 1 aromatic carbocycles. The molecule has 0 fully saturated rings.